The van der Waals surface area contributed by atoms with Crippen LogP contribution in [0, 0.1) is 0 Å². The molecule has 2 N–H and O–H groups in total. The van der Waals surface area contributed by atoms with Crippen LogP contribution in [0.25, 0.3) is 5.57 Å². The lowest BCUT2D eigenvalue weighted by atomic mass is 10.2. The molecule has 0 atom stereocenters. The number of ether oxygens (including phenoxy) is 1. The number of rotatable bonds is 3. The number of nitrogens with zero attached hydrogens (tertiary/aromatic N) is 2. The Hall–Kier alpha value is -1.96. The van der Waals surface area contributed by atoms with Gasteiger partial charge in [0.15, 0.2) is 5.82 Å². The number of aromatic nitrogens is 2. The van der Waals surface area contributed by atoms with E-state index in [-0.39, 0.29) is 16.5 Å². The molecule has 0 radical (unpaired) electrons. The first kappa shape index (κ1) is 15.1. The quantitative estimate of drug-likeness (QED) is 0.827. The highest BCUT2D eigenvalue weighted by Gasteiger charge is 2.19. The minimum Gasteiger partial charge on any atom is -0.478 e. The van der Waals surface area contributed by atoms with Gasteiger partial charge in [0.25, 0.3) is 0 Å². The molecule has 0 fully saturated rings. The Kier molecular flexibility index (Phi) is 4.60. The third kappa shape index (κ3) is 4.66. The van der Waals surface area contributed by atoms with E-state index >= 15 is 0 Å². The average molecular weight is 285 g/mol. The minimum absolute atomic E-state index is 0.0199. The van der Waals surface area contributed by atoms with Crippen molar-refractivity contribution >= 4 is 34.3 Å². The molecule has 104 valence electrons. The van der Waals surface area contributed by atoms with Crippen LogP contribution < -0.4 is 5.32 Å². The van der Waals surface area contributed by atoms with Gasteiger partial charge < -0.3 is 9.84 Å². The number of carboxylic acids is 1. The number of aliphatic carboxylic acids is 1. The van der Waals surface area contributed by atoms with Crippen molar-refractivity contribution in [2.24, 2.45) is 0 Å². The maximum Gasteiger partial charge on any atom is 0.414 e. The largest absolute Gasteiger partial charge is 0.478 e. The smallest absolute Gasteiger partial charge is 0.414 e. The van der Waals surface area contributed by atoms with Gasteiger partial charge in [0.05, 0.1) is 0 Å². The van der Waals surface area contributed by atoms with Crippen molar-refractivity contribution in [3.63, 3.8) is 0 Å². The monoisotopic (exact) mass is 285 g/mol. The molecule has 0 saturated heterocycles. The van der Waals surface area contributed by atoms with E-state index in [2.05, 4.69) is 14.7 Å². The fourth-order valence-electron chi connectivity index (χ4n) is 1.12. The highest BCUT2D eigenvalue weighted by molar-refractivity contribution is 7.10. The molecule has 8 heteroatoms. The summed E-state index contributed by atoms with van der Waals surface area (Å²) in [7, 11) is 0. The molecular formula is C11H15N3O4S. The van der Waals surface area contributed by atoms with Crippen LogP contribution in [0.4, 0.5) is 9.93 Å². The average Bonchev–Trinajstić information content (AvgIpc) is 2.63. The molecule has 7 nitrogen and oxygen atoms in total. The third-order valence-electron chi connectivity index (χ3n) is 1.79. The van der Waals surface area contributed by atoms with Crippen molar-refractivity contribution in [3.05, 3.63) is 11.9 Å². The van der Waals surface area contributed by atoms with E-state index in [0.29, 0.717) is 0 Å². The second-order valence-corrected chi connectivity index (χ2v) is 5.31. The number of hydrogen-bond acceptors (Lipinski definition) is 6. The summed E-state index contributed by atoms with van der Waals surface area (Å²) in [5, 5.41) is 11.5. The highest BCUT2D eigenvalue weighted by atomic mass is 32.1. The summed E-state index contributed by atoms with van der Waals surface area (Å²) in [6, 6.07) is 0. The number of carboxylic acid groups (broad SMARTS) is 1. The normalized spacial score (nSPS) is 12.1. The van der Waals surface area contributed by atoms with Crippen LogP contribution in [0.3, 0.4) is 0 Å². The van der Waals surface area contributed by atoms with Crippen LogP contribution in [-0.4, -0.2) is 32.1 Å². The molecule has 0 aromatic carbocycles. The Bertz CT molecular complexity index is 516. The van der Waals surface area contributed by atoms with Crippen molar-refractivity contribution in [1.29, 1.82) is 0 Å². The first-order valence-electron chi connectivity index (χ1n) is 5.46. The number of carbonyl (C=O) groups excluding carboxylic acids is 1. The summed E-state index contributed by atoms with van der Waals surface area (Å²) in [5.41, 5.74) is -0.638. The maximum atomic E-state index is 11.5. The molecule has 0 aliphatic carbocycles. The minimum atomic E-state index is -1.12. The summed E-state index contributed by atoms with van der Waals surface area (Å²) in [6.45, 7) is 6.78. The van der Waals surface area contributed by atoms with E-state index in [9.17, 15) is 9.59 Å². The molecular weight excluding hydrogens is 270 g/mol. The topological polar surface area (TPSA) is 101 Å². The summed E-state index contributed by atoms with van der Waals surface area (Å²) < 4.78 is 8.91. The predicted molar refractivity (Wildman–Crippen MR) is 71.1 cm³/mol. The highest BCUT2D eigenvalue weighted by Crippen LogP contribution is 2.18. The molecule has 0 spiro atoms. The van der Waals surface area contributed by atoms with Crippen molar-refractivity contribution < 1.29 is 19.4 Å². The van der Waals surface area contributed by atoms with E-state index < -0.39 is 17.7 Å². The summed E-state index contributed by atoms with van der Waals surface area (Å²) in [4.78, 5) is 26.3. The first-order chi connectivity index (χ1) is 8.73. The number of hydrogen-bond donors (Lipinski definition) is 2. The van der Waals surface area contributed by atoms with Crippen LogP contribution in [0.2, 0.25) is 0 Å². The van der Waals surface area contributed by atoms with E-state index in [4.69, 9.17) is 9.84 Å². The number of carbonyl (C=O) groups is 2. The fraction of sp³-hybridized carbons (Fsp3) is 0.455. The Morgan fingerprint density at radius 3 is 2.53 bits per heavy atom. The first-order valence-corrected chi connectivity index (χ1v) is 6.24. The summed E-state index contributed by atoms with van der Waals surface area (Å²) in [6.07, 6.45) is 0.731. The molecule has 0 aliphatic heterocycles. The summed E-state index contributed by atoms with van der Waals surface area (Å²) >= 11 is 0.888. The lowest BCUT2D eigenvalue weighted by molar-refractivity contribution is -0.130. The van der Waals surface area contributed by atoms with Crippen LogP contribution >= 0.6 is 11.5 Å². The zero-order valence-corrected chi connectivity index (χ0v) is 11.9. The maximum absolute atomic E-state index is 11.5. The molecule has 1 aromatic heterocycles. The fourth-order valence-corrected chi connectivity index (χ4v) is 1.69. The molecule has 0 saturated carbocycles. The van der Waals surface area contributed by atoms with Crippen molar-refractivity contribution in [3.8, 4) is 0 Å². The molecule has 19 heavy (non-hydrogen) atoms. The van der Waals surface area contributed by atoms with Gasteiger partial charge in [-0.05, 0) is 27.7 Å². The number of amides is 1. The SMILES string of the molecule is C/C=C(\C(=O)O)c1nsc(NC(=O)OC(C)(C)C)n1. The van der Waals surface area contributed by atoms with Gasteiger partial charge in [0.2, 0.25) is 5.13 Å². The van der Waals surface area contributed by atoms with Gasteiger partial charge in [-0.2, -0.15) is 9.36 Å². The molecule has 1 heterocycles. The van der Waals surface area contributed by atoms with Gasteiger partial charge in [-0.15, -0.1) is 0 Å². The second-order valence-electron chi connectivity index (χ2n) is 4.56. The molecule has 0 bridgehead atoms. The number of anilines is 1. The second kappa shape index (κ2) is 5.79. The third-order valence-corrected chi connectivity index (χ3v) is 2.42. The number of allylic oxidation sites excluding steroid dienone is 1. The predicted octanol–water partition coefficient (Wildman–Crippen LogP) is 2.37. The Morgan fingerprint density at radius 2 is 2.05 bits per heavy atom. The Morgan fingerprint density at radius 1 is 1.42 bits per heavy atom. The van der Waals surface area contributed by atoms with Crippen molar-refractivity contribution in [1.82, 2.24) is 9.36 Å². The Balaban J connectivity index is 2.76. The zero-order chi connectivity index (χ0) is 14.6. The Labute approximate surface area is 114 Å². The molecule has 0 unspecified atom stereocenters. The summed E-state index contributed by atoms with van der Waals surface area (Å²) in [5.74, 6) is -1.06. The standard InChI is InChI=1S/C11H15N3O4S/c1-5-6(8(15)16)7-12-9(19-14-7)13-10(17)18-11(2,3)4/h5H,1-4H3,(H,15,16)(H,12,13,14,17)/b6-5-. The molecule has 1 rings (SSSR count). The van der Waals surface area contributed by atoms with Gasteiger partial charge >= 0.3 is 12.1 Å². The van der Waals surface area contributed by atoms with Crippen LogP contribution in [0.1, 0.15) is 33.5 Å². The zero-order valence-electron chi connectivity index (χ0n) is 11.1. The van der Waals surface area contributed by atoms with Gasteiger partial charge in [-0.3, -0.25) is 5.32 Å². The molecule has 1 amide bonds. The lowest BCUT2D eigenvalue weighted by Gasteiger charge is -2.18. The number of nitrogens with one attached hydrogen (secondary N) is 1. The van der Waals surface area contributed by atoms with E-state index in [1.807, 2.05) is 0 Å². The van der Waals surface area contributed by atoms with Gasteiger partial charge in [0, 0.05) is 11.5 Å². The van der Waals surface area contributed by atoms with Gasteiger partial charge in [0.1, 0.15) is 11.2 Å². The van der Waals surface area contributed by atoms with E-state index in [1.54, 1.807) is 27.7 Å². The molecule has 0 aliphatic rings. The van der Waals surface area contributed by atoms with Crippen molar-refractivity contribution in [2.75, 3.05) is 5.32 Å². The van der Waals surface area contributed by atoms with Crippen LogP contribution in [0.15, 0.2) is 6.08 Å². The van der Waals surface area contributed by atoms with Gasteiger partial charge in [-0.1, -0.05) is 6.08 Å². The van der Waals surface area contributed by atoms with Crippen LogP contribution in [0.5, 0.6) is 0 Å². The van der Waals surface area contributed by atoms with Gasteiger partial charge in [-0.25, -0.2) is 9.59 Å². The van der Waals surface area contributed by atoms with E-state index in [1.165, 1.54) is 6.08 Å². The van der Waals surface area contributed by atoms with E-state index in [0.717, 1.165) is 11.5 Å². The van der Waals surface area contributed by atoms with Crippen molar-refractivity contribution in [2.45, 2.75) is 33.3 Å². The lowest BCUT2D eigenvalue weighted by Crippen LogP contribution is -2.27. The molecule has 1 aromatic rings. The van der Waals surface area contributed by atoms with Crippen LogP contribution in [-0.2, 0) is 9.53 Å².